The van der Waals surface area contributed by atoms with Crippen LogP contribution in [0.5, 0.6) is 11.5 Å². The summed E-state index contributed by atoms with van der Waals surface area (Å²) in [7, 11) is 3.01. The number of methoxy groups -OCH3 is 2. The summed E-state index contributed by atoms with van der Waals surface area (Å²) in [6.07, 6.45) is 2.98. The zero-order valence-corrected chi connectivity index (χ0v) is 18.4. The van der Waals surface area contributed by atoms with Gasteiger partial charge in [-0.15, -0.1) is 0 Å². The summed E-state index contributed by atoms with van der Waals surface area (Å²) < 4.78 is 10.5. The van der Waals surface area contributed by atoms with Crippen molar-refractivity contribution in [3.63, 3.8) is 0 Å². The van der Waals surface area contributed by atoms with Crippen LogP contribution in [0.15, 0.2) is 23.0 Å². The molecule has 0 saturated carbocycles. The molecule has 170 valence electrons. The van der Waals surface area contributed by atoms with E-state index in [1.54, 1.807) is 18.2 Å². The fraction of sp³-hybridized carbons (Fsp3) is 0.455. The third-order valence-electron chi connectivity index (χ3n) is 6.00. The van der Waals surface area contributed by atoms with Crippen molar-refractivity contribution < 1.29 is 19.1 Å². The fourth-order valence-electron chi connectivity index (χ4n) is 4.25. The number of ether oxygens (including phenoxy) is 2. The second-order valence-corrected chi connectivity index (χ2v) is 8.05. The summed E-state index contributed by atoms with van der Waals surface area (Å²) >= 11 is 0. The van der Waals surface area contributed by atoms with Crippen LogP contribution in [-0.4, -0.2) is 48.6 Å². The lowest BCUT2D eigenvalue weighted by molar-refractivity contribution is -0.123. The van der Waals surface area contributed by atoms with Crippen LogP contribution >= 0.6 is 0 Å². The van der Waals surface area contributed by atoms with E-state index in [4.69, 9.17) is 9.47 Å². The highest BCUT2D eigenvalue weighted by molar-refractivity contribution is 6.05. The van der Waals surface area contributed by atoms with Gasteiger partial charge in [0.1, 0.15) is 17.3 Å². The van der Waals surface area contributed by atoms with Crippen LogP contribution in [0.2, 0.25) is 0 Å². The second-order valence-electron chi connectivity index (χ2n) is 8.05. The number of aromatic nitrogens is 2. The highest BCUT2D eigenvalue weighted by Gasteiger charge is 2.36. The van der Waals surface area contributed by atoms with E-state index in [2.05, 4.69) is 27.5 Å². The van der Waals surface area contributed by atoms with Gasteiger partial charge in [-0.3, -0.25) is 19.4 Å². The van der Waals surface area contributed by atoms with Gasteiger partial charge in [0.05, 0.1) is 31.4 Å². The first-order chi connectivity index (χ1) is 15.4. The number of hydrogen-bond donors (Lipinski definition) is 3. The Morgan fingerprint density at radius 3 is 2.75 bits per heavy atom. The number of nitrogens with one attached hydrogen (secondary N) is 3. The standard InChI is InChI=1S/C22H27N5O5/c1-12-6-4-5-9-27(12)22-25-19-18(21(30)26-22)14(11-17(28)24-19)20(29)23-15-8-7-13(31-2)10-16(15)32-3/h7-8,10,12,14H,4-6,9,11H2,1-3H3,(H,23,29)(H2,24,25,26,28,30)/t12-,14-/m1/s1. The predicted molar refractivity (Wildman–Crippen MR) is 120 cm³/mol. The smallest absolute Gasteiger partial charge is 0.258 e. The number of aromatic amines is 1. The first-order valence-electron chi connectivity index (χ1n) is 10.6. The molecule has 3 N–H and O–H groups in total. The first kappa shape index (κ1) is 21.7. The number of amides is 2. The number of benzene rings is 1. The summed E-state index contributed by atoms with van der Waals surface area (Å²) in [5.74, 6) is -0.304. The minimum atomic E-state index is -0.977. The lowest BCUT2D eigenvalue weighted by Gasteiger charge is -2.34. The van der Waals surface area contributed by atoms with Crippen molar-refractivity contribution in [2.45, 2.75) is 44.6 Å². The van der Waals surface area contributed by atoms with Gasteiger partial charge in [0.15, 0.2) is 0 Å². The average Bonchev–Trinajstić information content (AvgIpc) is 2.78. The van der Waals surface area contributed by atoms with E-state index >= 15 is 0 Å². The van der Waals surface area contributed by atoms with Gasteiger partial charge >= 0.3 is 0 Å². The van der Waals surface area contributed by atoms with Crippen molar-refractivity contribution in [1.29, 1.82) is 0 Å². The molecule has 2 aromatic rings. The molecule has 4 rings (SSSR count). The van der Waals surface area contributed by atoms with Gasteiger partial charge in [-0.25, -0.2) is 0 Å². The van der Waals surface area contributed by atoms with Crippen LogP contribution in [0.1, 0.15) is 44.1 Å². The average molecular weight is 441 g/mol. The van der Waals surface area contributed by atoms with Gasteiger partial charge in [0, 0.05) is 25.1 Å². The van der Waals surface area contributed by atoms with Crippen molar-refractivity contribution in [3.8, 4) is 11.5 Å². The Kier molecular flexibility index (Phi) is 6.02. The molecule has 2 atom stereocenters. The van der Waals surface area contributed by atoms with Gasteiger partial charge in [-0.1, -0.05) is 0 Å². The summed E-state index contributed by atoms with van der Waals surface area (Å²) in [5, 5.41) is 5.43. The van der Waals surface area contributed by atoms with E-state index in [9.17, 15) is 14.4 Å². The van der Waals surface area contributed by atoms with Gasteiger partial charge in [0.2, 0.25) is 17.8 Å². The number of H-pyrrole nitrogens is 1. The molecule has 1 aromatic heterocycles. The van der Waals surface area contributed by atoms with Gasteiger partial charge < -0.3 is 25.0 Å². The van der Waals surface area contributed by atoms with Crippen molar-refractivity contribution in [1.82, 2.24) is 9.97 Å². The number of carbonyl (C=O) groups is 2. The third kappa shape index (κ3) is 4.12. The number of rotatable bonds is 5. The van der Waals surface area contributed by atoms with E-state index in [0.717, 1.165) is 25.8 Å². The highest BCUT2D eigenvalue weighted by Crippen LogP contribution is 2.34. The SMILES string of the molecule is COc1ccc(NC(=O)[C@@H]2CC(=O)Nc3nc(N4CCCC[C@H]4C)[nH]c(=O)c32)c(OC)c1. The lowest BCUT2D eigenvalue weighted by Crippen LogP contribution is -2.42. The molecular formula is C22H27N5O5. The number of hydrogen-bond acceptors (Lipinski definition) is 7. The molecule has 1 fully saturated rings. The molecule has 1 aromatic carbocycles. The van der Waals surface area contributed by atoms with E-state index in [1.165, 1.54) is 14.2 Å². The number of nitrogens with zero attached hydrogens (tertiary/aromatic N) is 2. The Bertz CT molecular complexity index is 1100. The molecule has 2 amide bonds. The van der Waals surface area contributed by atoms with Crippen LogP contribution in [0.4, 0.5) is 17.5 Å². The first-order valence-corrected chi connectivity index (χ1v) is 10.6. The quantitative estimate of drug-likeness (QED) is 0.650. The summed E-state index contributed by atoms with van der Waals surface area (Å²) in [6.45, 7) is 2.85. The minimum Gasteiger partial charge on any atom is -0.497 e. The maximum atomic E-state index is 13.1. The van der Waals surface area contributed by atoms with E-state index in [0.29, 0.717) is 23.1 Å². The Labute approximate surface area is 185 Å². The molecule has 10 heteroatoms. The van der Waals surface area contributed by atoms with E-state index < -0.39 is 17.4 Å². The molecule has 2 aliphatic heterocycles. The molecule has 1 saturated heterocycles. The molecule has 3 heterocycles. The van der Waals surface area contributed by atoms with Gasteiger partial charge in [0.25, 0.3) is 5.56 Å². The molecule has 10 nitrogen and oxygen atoms in total. The number of fused-ring (bicyclic) bond motifs is 1. The van der Waals surface area contributed by atoms with Crippen molar-refractivity contribution >= 4 is 29.3 Å². The second kappa shape index (κ2) is 8.89. The van der Waals surface area contributed by atoms with Gasteiger partial charge in [-0.05, 0) is 38.3 Å². The number of anilines is 3. The monoisotopic (exact) mass is 441 g/mol. The van der Waals surface area contributed by atoms with Crippen LogP contribution in [-0.2, 0) is 9.59 Å². The van der Waals surface area contributed by atoms with Gasteiger partial charge in [-0.2, -0.15) is 4.98 Å². The molecule has 2 aliphatic rings. The highest BCUT2D eigenvalue weighted by atomic mass is 16.5. The molecule has 0 spiro atoms. The molecule has 32 heavy (non-hydrogen) atoms. The topological polar surface area (TPSA) is 126 Å². The third-order valence-corrected chi connectivity index (χ3v) is 6.00. The zero-order chi connectivity index (χ0) is 22.8. The van der Waals surface area contributed by atoms with E-state index in [-0.39, 0.29) is 29.8 Å². The van der Waals surface area contributed by atoms with Crippen LogP contribution < -0.4 is 30.6 Å². The van der Waals surface area contributed by atoms with Crippen LogP contribution in [0.25, 0.3) is 0 Å². The predicted octanol–water partition coefficient (Wildman–Crippen LogP) is 2.23. The molecule has 0 radical (unpaired) electrons. The lowest BCUT2D eigenvalue weighted by atomic mass is 9.92. The van der Waals surface area contributed by atoms with Crippen molar-refractivity contribution in [3.05, 3.63) is 34.1 Å². The summed E-state index contributed by atoms with van der Waals surface area (Å²) in [6, 6.07) is 5.19. The van der Waals surface area contributed by atoms with Crippen molar-refractivity contribution in [2.75, 3.05) is 36.3 Å². The minimum absolute atomic E-state index is 0.139. The van der Waals surface area contributed by atoms with Crippen molar-refractivity contribution in [2.24, 2.45) is 0 Å². The zero-order valence-electron chi connectivity index (χ0n) is 18.4. The Balaban J connectivity index is 1.65. The largest absolute Gasteiger partial charge is 0.497 e. The number of piperidine rings is 1. The Morgan fingerprint density at radius 1 is 1.22 bits per heavy atom. The molecule has 0 bridgehead atoms. The molecular weight excluding hydrogens is 414 g/mol. The van der Waals surface area contributed by atoms with E-state index in [1.807, 2.05) is 4.90 Å². The number of carbonyl (C=O) groups excluding carboxylic acids is 2. The van der Waals surface area contributed by atoms with Crippen LogP contribution in [0, 0.1) is 0 Å². The fourth-order valence-corrected chi connectivity index (χ4v) is 4.25. The summed E-state index contributed by atoms with van der Waals surface area (Å²) in [5.41, 5.74) is 0.140. The normalized spacial score (nSPS) is 20.2. The molecule has 0 unspecified atom stereocenters. The maximum Gasteiger partial charge on any atom is 0.258 e. The van der Waals surface area contributed by atoms with Crippen LogP contribution in [0.3, 0.4) is 0 Å². The summed E-state index contributed by atoms with van der Waals surface area (Å²) in [4.78, 5) is 47.9. The maximum absolute atomic E-state index is 13.1. The molecule has 0 aliphatic carbocycles. The Hall–Kier alpha value is -3.56. The Morgan fingerprint density at radius 2 is 2.03 bits per heavy atom.